The molecule has 0 saturated carbocycles. The number of fused-ring (bicyclic) bond motifs is 1. The molecule has 1 amide bonds. The minimum absolute atomic E-state index is 0.158. The van der Waals surface area contributed by atoms with Gasteiger partial charge in [-0.15, -0.1) is 0 Å². The standard InChI is InChI=1S/C28H24N4O2/c1-18-15-25(19(2)29-18)28(33)30-21-9-6-10-22(16-21)34-23-12-13-24-26(31-32-27(24)17-23)14-11-20-7-4-3-5-8-20/h3-17,29H,1-2H3,(H,30,33)(H,31,32)/b14-11+. The van der Waals surface area contributed by atoms with Crippen molar-refractivity contribution in [3.05, 3.63) is 107 Å². The molecule has 0 atom stereocenters. The van der Waals surface area contributed by atoms with E-state index in [1.807, 2.05) is 98.8 Å². The van der Waals surface area contributed by atoms with Gasteiger partial charge in [0.2, 0.25) is 0 Å². The molecular weight excluding hydrogens is 424 g/mol. The molecule has 0 saturated heterocycles. The van der Waals surface area contributed by atoms with E-state index in [0.717, 1.165) is 33.5 Å². The van der Waals surface area contributed by atoms with Crippen LogP contribution in [0.5, 0.6) is 11.5 Å². The molecule has 3 aromatic carbocycles. The van der Waals surface area contributed by atoms with Gasteiger partial charge in [0, 0.05) is 34.6 Å². The second kappa shape index (κ2) is 9.11. The van der Waals surface area contributed by atoms with Gasteiger partial charge in [0.05, 0.1) is 16.8 Å². The Balaban J connectivity index is 1.31. The number of aryl methyl sites for hydroxylation is 2. The largest absolute Gasteiger partial charge is 0.457 e. The number of carbonyl (C=O) groups is 1. The van der Waals surface area contributed by atoms with Crippen molar-refractivity contribution in [2.75, 3.05) is 5.32 Å². The topological polar surface area (TPSA) is 82.8 Å². The number of aromatic amines is 2. The number of hydrogen-bond donors (Lipinski definition) is 3. The Kier molecular flexibility index (Phi) is 5.70. The van der Waals surface area contributed by atoms with E-state index in [9.17, 15) is 4.79 Å². The summed E-state index contributed by atoms with van der Waals surface area (Å²) in [5.41, 5.74) is 5.95. The average Bonchev–Trinajstić information content (AvgIpc) is 3.40. The number of H-pyrrole nitrogens is 2. The third kappa shape index (κ3) is 4.61. The van der Waals surface area contributed by atoms with Gasteiger partial charge < -0.3 is 15.0 Å². The van der Waals surface area contributed by atoms with Gasteiger partial charge in [-0.1, -0.05) is 42.5 Å². The van der Waals surface area contributed by atoms with E-state index < -0.39 is 0 Å². The van der Waals surface area contributed by atoms with Crippen LogP contribution in [0.4, 0.5) is 5.69 Å². The lowest BCUT2D eigenvalue weighted by molar-refractivity contribution is 0.102. The Morgan fingerprint density at radius 3 is 2.53 bits per heavy atom. The van der Waals surface area contributed by atoms with Crippen molar-refractivity contribution in [2.45, 2.75) is 13.8 Å². The van der Waals surface area contributed by atoms with Crippen molar-refractivity contribution in [3.63, 3.8) is 0 Å². The summed E-state index contributed by atoms with van der Waals surface area (Å²) in [4.78, 5) is 15.8. The first-order chi connectivity index (χ1) is 16.5. The Morgan fingerprint density at radius 2 is 1.74 bits per heavy atom. The van der Waals surface area contributed by atoms with E-state index in [1.165, 1.54) is 0 Å². The third-order valence-corrected chi connectivity index (χ3v) is 5.52. The van der Waals surface area contributed by atoms with E-state index >= 15 is 0 Å². The normalized spacial score (nSPS) is 11.2. The summed E-state index contributed by atoms with van der Waals surface area (Å²) in [6.07, 6.45) is 4.03. The Hall–Kier alpha value is -4.58. The number of hydrogen-bond acceptors (Lipinski definition) is 3. The predicted octanol–water partition coefficient (Wildman–Crippen LogP) is 6.72. The molecule has 6 nitrogen and oxygen atoms in total. The summed E-state index contributed by atoms with van der Waals surface area (Å²) >= 11 is 0. The van der Waals surface area contributed by atoms with Crippen molar-refractivity contribution in [3.8, 4) is 11.5 Å². The Morgan fingerprint density at radius 1 is 0.912 bits per heavy atom. The van der Waals surface area contributed by atoms with Gasteiger partial charge in [0.25, 0.3) is 5.91 Å². The lowest BCUT2D eigenvalue weighted by Crippen LogP contribution is -2.12. The molecule has 2 heterocycles. The summed E-state index contributed by atoms with van der Waals surface area (Å²) < 4.78 is 6.06. The highest BCUT2D eigenvalue weighted by atomic mass is 16.5. The number of ether oxygens (including phenoxy) is 1. The molecule has 2 aromatic heterocycles. The number of nitrogens with one attached hydrogen (secondary N) is 3. The highest BCUT2D eigenvalue weighted by molar-refractivity contribution is 6.05. The van der Waals surface area contributed by atoms with E-state index in [2.05, 4.69) is 20.5 Å². The molecule has 0 bridgehead atoms. The number of aromatic nitrogens is 3. The molecule has 5 rings (SSSR count). The second-order valence-corrected chi connectivity index (χ2v) is 8.14. The van der Waals surface area contributed by atoms with Crippen molar-refractivity contribution < 1.29 is 9.53 Å². The van der Waals surface area contributed by atoms with Gasteiger partial charge in [0.15, 0.2) is 0 Å². The number of rotatable bonds is 6. The SMILES string of the molecule is Cc1cc(C(=O)Nc2cccc(Oc3ccc4c(/C=C/c5ccccc5)n[nH]c4c3)c2)c(C)[nH]1. The summed E-state index contributed by atoms with van der Waals surface area (Å²) in [5.74, 6) is 1.15. The number of carbonyl (C=O) groups excluding carboxylic acids is 1. The highest BCUT2D eigenvalue weighted by Crippen LogP contribution is 2.28. The maximum atomic E-state index is 12.6. The lowest BCUT2D eigenvalue weighted by Gasteiger charge is -2.09. The van der Waals surface area contributed by atoms with Crippen LogP contribution in [0, 0.1) is 13.8 Å². The first-order valence-corrected chi connectivity index (χ1v) is 11.0. The summed E-state index contributed by atoms with van der Waals surface area (Å²) in [6, 6.07) is 25.1. The summed E-state index contributed by atoms with van der Waals surface area (Å²) in [6.45, 7) is 3.81. The van der Waals surface area contributed by atoms with Gasteiger partial charge >= 0.3 is 0 Å². The molecule has 0 radical (unpaired) electrons. The van der Waals surface area contributed by atoms with Gasteiger partial charge in [0.1, 0.15) is 11.5 Å². The van der Waals surface area contributed by atoms with Crippen molar-refractivity contribution in [1.82, 2.24) is 15.2 Å². The van der Waals surface area contributed by atoms with Crippen molar-refractivity contribution >= 4 is 34.6 Å². The number of anilines is 1. The van der Waals surface area contributed by atoms with E-state index in [4.69, 9.17) is 4.74 Å². The Labute approximate surface area is 197 Å². The monoisotopic (exact) mass is 448 g/mol. The van der Waals surface area contributed by atoms with Crippen LogP contribution >= 0.6 is 0 Å². The molecule has 34 heavy (non-hydrogen) atoms. The molecule has 0 aliphatic heterocycles. The molecule has 0 aliphatic carbocycles. The smallest absolute Gasteiger partial charge is 0.257 e. The first kappa shape index (κ1) is 21.3. The molecule has 6 heteroatoms. The van der Waals surface area contributed by atoms with Crippen molar-refractivity contribution in [2.24, 2.45) is 0 Å². The fourth-order valence-electron chi connectivity index (χ4n) is 3.88. The van der Waals surface area contributed by atoms with Gasteiger partial charge in [-0.05, 0) is 55.8 Å². The van der Waals surface area contributed by atoms with Crippen LogP contribution in [-0.2, 0) is 0 Å². The predicted molar refractivity (Wildman–Crippen MR) is 136 cm³/mol. The second-order valence-electron chi connectivity index (χ2n) is 8.14. The van der Waals surface area contributed by atoms with Crippen LogP contribution < -0.4 is 10.1 Å². The maximum Gasteiger partial charge on any atom is 0.257 e. The molecule has 3 N–H and O–H groups in total. The van der Waals surface area contributed by atoms with Gasteiger partial charge in [-0.2, -0.15) is 5.10 Å². The van der Waals surface area contributed by atoms with Crippen LogP contribution in [0.2, 0.25) is 0 Å². The number of benzene rings is 3. The lowest BCUT2D eigenvalue weighted by atomic mass is 10.1. The molecular formula is C28H24N4O2. The molecule has 0 aliphatic rings. The minimum Gasteiger partial charge on any atom is -0.457 e. The fraction of sp³-hybridized carbons (Fsp3) is 0.0714. The zero-order valence-corrected chi connectivity index (χ0v) is 18.9. The van der Waals surface area contributed by atoms with Crippen molar-refractivity contribution in [1.29, 1.82) is 0 Å². The molecule has 0 unspecified atom stereocenters. The molecule has 0 fully saturated rings. The number of amides is 1. The maximum absolute atomic E-state index is 12.6. The molecule has 168 valence electrons. The van der Waals surface area contributed by atoms with Crippen LogP contribution in [0.15, 0.2) is 78.9 Å². The molecule has 0 spiro atoms. The molecule has 5 aromatic rings. The van der Waals surface area contributed by atoms with Gasteiger partial charge in [-0.3, -0.25) is 9.89 Å². The number of nitrogens with zero attached hydrogens (tertiary/aromatic N) is 1. The quantitative estimate of drug-likeness (QED) is 0.269. The first-order valence-electron chi connectivity index (χ1n) is 11.0. The van der Waals surface area contributed by atoms with E-state index in [1.54, 1.807) is 6.07 Å². The van der Waals surface area contributed by atoms with Gasteiger partial charge in [-0.25, -0.2) is 0 Å². The third-order valence-electron chi connectivity index (χ3n) is 5.52. The van der Waals surface area contributed by atoms with Crippen LogP contribution in [-0.4, -0.2) is 21.1 Å². The zero-order chi connectivity index (χ0) is 23.5. The van der Waals surface area contributed by atoms with Crippen LogP contribution in [0.25, 0.3) is 23.1 Å². The minimum atomic E-state index is -0.158. The van der Waals surface area contributed by atoms with Crippen LogP contribution in [0.3, 0.4) is 0 Å². The zero-order valence-electron chi connectivity index (χ0n) is 18.9. The summed E-state index contributed by atoms with van der Waals surface area (Å²) in [7, 11) is 0. The fourth-order valence-corrected chi connectivity index (χ4v) is 3.88. The van der Waals surface area contributed by atoms with Crippen LogP contribution in [0.1, 0.15) is 33.0 Å². The Bertz CT molecular complexity index is 1500. The average molecular weight is 449 g/mol. The van der Waals surface area contributed by atoms with E-state index in [0.29, 0.717) is 22.7 Å². The summed E-state index contributed by atoms with van der Waals surface area (Å²) in [5, 5.41) is 11.4. The highest BCUT2D eigenvalue weighted by Gasteiger charge is 2.12. The van der Waals surface area contributed by atoms with E-state index in [-0.39, 0.29) is 5.91 Å².